The molecule has 0 aliphatic rings. The van der Waals surface area contributed by atoms with Crippen molar-refractivity contribution >= 4 is 16.9 Å². The molecule has 5 heteroatoms. The number of nitrogens with one attached hydrogen (secondary N) is 1. The zero-order chi connectivity index (χ0) is 10.3. The lowest BCUT2D eigenvalue weighted by molar-refractivity contribution is 0.568. The molecule has 0 spiro atoms. The van der Waals surface area contributed by atoms with Crippen molar-refractivity contribution in [2.24, 2.45) is 0 Å². The molecule has 0 radical (unpaired) electrons. The van der Waals surface area contributed by atoms with Crippen molar-refractivity contribution in [1.82, 2.24) is 15.0 Å². The summed E-state index contributed by atoms with van der Waals surface area (Å²) in [6.45, 7) is 0. The summed E-state index contributed by atoms with van der Waals surface area (Å²) in [6, 6.07) is 1.87. The minimum absolute atomic E-state index is 0.470. The molecule has 0 aliphatic carbocycles. The van der Waals surface area contributed by atoms with Crippen LogP contribution in [0.25, 0.3) is 22.2 Å². The summed E-state index contributed by atoms with van der Waals surface area (Å²) >= 11 is 0. The number of hydrogen-bond acceptors (Lipinski definition) is 4. The third-order valence-corrected chi connectivity index (χ3v) is 2.33. The third-order valence-electron chi connectivity index (χ3n) is 2.33. The highest BCUT2D eigenvalue weighted by molar-refractivity contribution is 5.99. The predicted octanol–water partition coefficient (Wildman–Crippen LogP) is 1.80. The maximum atomic E-state index is 5.81. The Hall–Kier alpha value is -2.30. The lowest BCUT2D eigenvalue weighted by Gasteiger charge is -1.96. The molecule has 74 valence electrons. The van der Waals surface area contributed by atoms with Crippen molar-refractivity contribution in [3.05, 3.63) is 31.1 Å². The fourth-order valence-electron chi connectivity index (χ4n) is 1.63. The largest absolute Gasteiger partial charge is 0.472 e. The average molecular weight is 200 g/mol. The van der Waals surface area contributed by atoms with Crippen LogP contribution in [0.5, 0.6) is 0 Å². The average Bonchev–Trinajstić information content (AvgIpc) is 2.85. The Bertz CT molecular complexity index is 597. The Morgan fingerprint density at radius 1 is 1.33 bits per heavy atom. The molecule has 0 bridgehead atoms. The lowest BCUT2D eigenvalue weighted by atomic mass is 10.1. The molecule has 5 nitrogen and oxygen atoms in total. The van der Waals surface area contributed by atoms with Gasteiger partial charge < -0.3 is 15.1 Å². The molecule has 0 saturated heterocycles. The van der Waals surface area contributed by atoms with Crippen molar-refractivity contribution in [1.29, 1.82) is 0 Å². The summed E-state index contributed by atoms with van der Waals surface area (Å²) < 4.78 is 5.03. The van der Waals surface area contributed by atoms with Crippen LogP contribution in [-0.2, 0) is 0 Å². The summed E-state index contributed by atoms with van der Waals surface area (Å²) in [4.78, 5) is 11.1. The predicted molar refractivity (Wildman–Crippen MR) is 56.0 cm³/mol. The fraction of sp³-hybridized carbons (Fsp3) is 0. The summed E-state index contributed by atoms with van der Waals surface area (Å²) in [5, 5.41) is 0.832. The first kappa shape index (κ1) is 8.05. The molecule has 3 heterocycles. The Morgan fingerprint density at radius 3 is 3.07 bits per heavy atom. The number of nitrogen functional groups attached to an aromatic ring is 1. The van der Waals surface area contributed by atoms with E-state index >= 15 is 0 Å². The first-order valence-electron chi connectivity index (χ1n) is 4.46. The van der Waals surface area contributed by atoms with E-state index in [0.717, 1.165) is 22.2 Å². The first-order chi connectivity index (χ1) is 7.36. The first-order valence-corrected chi connectivity index (χ1v) is 4.46. The highest BCUT2D eigenvalue weighted by Crippen LogP contribution is 2.30. The molecule has 0 atom stereocenters. The van der Waals surface area contributed by atoms with Gasteiger partial charge in [0.05, 0.1) is 17.9 Å². The number of aromatic amines is 1. The monoisotopic (exact) mass is 200 g/mol. The van der Waals surface area contributed by atoms with Gasteiger partial charge >= 0.3 is 0 Å². The van der Waals surface area contributed by atoms with E-state index in [-0.39, 0.29) is 0 Å². The second-order valence-electron chi connectivity index (χ2n) is 3.20. The highest BCUT2D eigenvalue weighted by atomic mass is 16.3. The van der Waals surface area contributed by atoms with E-state index in [1.165, 1.54) is 6.33 Å². The minimum atomic E-state index is 0.470. The highest BCUT2D eigenvalue weighted by Gasteiger charge is 2.10. The van der Waals surface area contributed by atoms with Crippen LogP contribution in [0.15, 0.2) is 35.5 Å². The van der Waals surface area contributed by atoms with E-state index in [2.05, 4.69) is 15.0 Å². The normalized spacial score (nSPS) is 10.9. The summed E-state index contributed by atoms with van der Waals surface area (Å²) in [5.74, 6) is 0.470. The van der Waals surface area contributed by atoms with Crippen LogP contribution >= 0.6 is 0 Å². The van der Waals surface area contributed by atoms with Gasteiger partial charge in [0, 0.05) is 17.3 Å². The smallest absolute Gasteiger partial charge is 0.143 e. The van der Waals surface area contributed by atoms with Crippen LogP contribution in [-0.4, -0.2) is 15.0 Å². The van der Waals surface area contributed by atoms with Crippen LogP contribution in [0, 0.1) is 0 Å². The van der Waals surface area contributed by atoms with E-state index in [0.29, 0.717) is 5.82 Å². The standard InChI is InChI=1S/C10H8N4O/c11-9-8-7(6-1-2-15-4-6)3-12-10(8)14-5-13-9/h1-5H,(H3,11,12,13,14). The van der Waals surface area contributed by atoms with E-state index in [9.17, 15) is 0 Å². The number of anilines is 1. The number of H-pyrrole nitrogens is 1. The van der Waals surface area contributed by atoms with Crippen LogP contribution < -0.4 is 5.73 Å². The molecule has 3 aromatic heterocycles. The topological polar surface area (TPSA) is 80.7 Å². The van der Waals surface area contributed by atoms with Gasteiger partial charge in [-0.05, 0) is 6.07 Å². The van der Waals surface area contributed by atoms with Crippen molar-refractivity contribution < 1.29 is 4.42 Å². The Kier molecular flexibility index (Phi) is 1.53. The van der Waals surface area contributed by atoms with Crippen LogP contribution in [0.3, 0.4) is 0 Å². The number of nitrogens with two attached hydrogens (primary N) is 1. The number of nitrogens with zero attached hydrogens (tertiary/aromatic N) is 2. The maximum Gasteiger partial charge on any atom is 0.143 e. The number of furan rings is 1. The van der Waals surface area contributed by atoms with Gasteiger partial charge in [-0.3, -0.25) is 0 Å². The Labute approximate surface area is 85.0 Å². The summed E-state index contributed by atoms with van der Waals surface area (Å²) in [6.07, 6.45) is 6.57. The van der Waals surface area contributed by atoms with Gasteiger partial charge in [-0.1, -0.05) is 0 Å². The molecular weight excluding hydrogens is 192 g/mol. The van der Waals surface area contributed by atoms with Gasteiger partial charge in [0.25, 0.3) is 0 Å². The SMILES string of the molecule is Nc1ncnc2[nH]cc(-c3ccoc3)c12. The van der Waals surface area contributed by atoms with Crippen LogP contribution in [0.4, 0.5) is 5.82 Å². The molecule has 15 heavy (non-hydrogen) atoms. The molecule has 0 fully saturated rings. The van der Waals surface area contributed by atoms with E-state index in [1.54, 1.807) is 12.5 Å². The number of rotatable bonds is 1. The quantitative estimate of drug-likeness (QED) is 0.627. The van der Waals surface area contributed by atoms with E-state index < -0.39 is 0 Å². The van der Waals surface area contributed by atoms with Gasteiger partial charge in [-0.15, -0.1) is 0 Å². The number of fused-ring (bicyclic) bond motifs is 1. The number of hydrogen-bond donors (Lipinski definition) is 2. The van der Waals surface area contributed by atoms with Gasteiger partial charge in [0.1, 0.15) is 17.8 Å². The van der Waals surface area contributed by atoms with Gasteiger partial charge in [-0.25, -0.2) is 9.97 Å². The zero-order valence-corrected chi connectivity index (χ0v) is 7.77. The molecule has 3 aromatic rings. The molecule has 0 saturated carbocycles. The van der Waals surface area contributed by atoms with Crippen molar-refractivity contribution in [3.63, 3.8) is 0 Å². The maximum absolute atomic E-state index is 5.81. The molecule has 0 amide bonds. The van der Waals surface area contributed by atoms with Crippen LogP contribution in [0.2, 0.25) is 0 Å². The summed E-state index contributed by atoms with van der Waals surface area (Å²) in [7, 11) is 0. The second-order valence-corrected chi connectivity index (χ2v) is 3.20. The Balaban J connectivity index is 2.37. The van der Waals surface area contributed by atoms with Crippen molar-refractivity contribution in [3.8, 4) is 11.1 Å². The third kappa shape index (κ3) is 1.10. The number of aromatic nitrogens is 3. The van der Waals surface area contributed by atoms with E-state index in [4.69, 9.17) is 10.2 Å². The molecule has 0 aromatic carbocycles. The van der Waals surface area contributed by atoms with Crippen LogP contribution in [0.1, 0.15) is 0 Å². The van der Waals surface area contributed by atoms with E-state index in [1.807, 2.05) is 12.3 Å². The minimum Gasteiger partial charge on any atom is -0.472 e. The molecule has 0 unspecified atom stereocenters. The molecular formula is C10H8N4O. The van der Waals surface area contributed by atoms with Crippen molar-refractivity contribution in [2.75, 3.05) is 5.73 Å². The molecule has 3 rings (SSSR count). The fourth-order valence-corrected chi connectivity index (χ4v) is 1.63. The van der Waals surface area contributed by atoms with Crippen molar-refractivity contribution in [2.45, 2.75) is 0 Å². The van der Waals surface area contributed by atoms with Gasteiger partial charge in [-0.2, -0.15) is 0 Å². The van der Waals surface area contributed by atoms with Gasteiger partial charge in [0.15, 0.2) is 0 Å². The lowest BCUT2D eigenvalue weighted by Crippen LogP contribution is -1.92. The second kappa shape index (κ2) is 2.84. The zero-order valence-electron chi connectivity index (χ0n) is 7.77. The Morgan fingerprint density at radius 2 is 2.27 bits per heavy atom. The summed E-state index contributed by atoms with van der Waals surface area (Å²) in [5.41, 5.74) is 8.46. The molecule has 0 aliphatic heterocycles. The van der Waals surface area contributed by atoms with Gasteiger partial charge in [0.2, 0.25) is 0 Å². The molecule has 3 N–H and O–H groups in total.